The van der Waals surface area contributed by atoms with E-state index >= 15 is 0 Å². The van der Waals surface area contributed by atoms with Crippen molar-refractivity contribution in [3.8, 4) is 5.75 Å². The lowest BCUT2D eigenvalue weighted by molar-refractivity contribution is -0.141. The molecule has 140 valence electrons. The van der Waals surface area contributed by atoms with E-state index in [0.717, 1.165) is 22.3 Å². The van der Waals surface area contributed by atoms with Gasteiger partial charge >= 0.3 is 5.97 Å². The number of aromatic hydroxyl groups is 1. The first-order valence-electron chi connectivity index (χ1n) is 8.97. The number of hydrogen-bond acceptors (Lipinski definition) is 3. The minimum atomic E-state index is -0.524. The molecule has 0 fully saturated rings. The van der Waals surface area contributed by atoms with Crippen molar-refractivity contribution < 1.29 is 14.6 Å². The van der Waals surface area contributed by atoms with Gasteiger partial charge in [0.2, 0.25) is 0 Å². The molecule has 3 nitrogen and oxygen atoms in total. The molecule has 0 spiro atoms. The summed E-state index contributed by atoms with van der Waals surface area (Å²) in [6.07, 6.45) is 0. The summed E-state index contributed by atoms with van der Waals surface area (Å²) in [5, 5.41) is 10.9. The Morgan fingerprint density at radius 3 is 1.73 bits per heavy atom. The van der Waals surface area contributed by atoms with Gasteiger partial charge in [-0.3, -0.25) is 4.79 Å². The Hall–Kier alpha value is -2.29. The first kappa shape index (κ1) is 20.0. The Bertz CT molecular complexity index is 742. The summed E-state index contributed by atoms with van der Waals surface area (Å²) in [6, 6.07) is 13.5. The van der Waals surface area contributed by atoms with Crippen molar-refractivity contribution >= 4 is 5.97 Å². The highest BCUT2D eigenvalue weighted by Crippen LogP contribution is 2.42. The van der Waals surface area contributed by atoms with Gasteiger partial charge in [0.1, 0.15) is 11.7 Å². The third kappa shape index (κ3) is 4.09. The lowest BCUT2D eigenvalue weighted by atomic mass is 9.76. The molecule has 2 aromatic rings. The second-order valence-electron chi connectivity index (χ2n) is 8.83. The van der Waals surface area contributed by atoms with Crippen molar-refractivity contribution in [3.05, 3.63) is 64.7 Å². The maximum atomic E-state index is 12.6. The van der Waals surface area contributed by atoms with Gasteiger partial charge in [-0.15, -0.1) is 0 Å². The Morgan fingerprint density at radius 1 is 0.885 bits per heavy atom. The maximum absolute atomic E-state index is 12.6. The molecule has 26 heavy (non-hydrogen) atoms. The molecule has 1 unspecified atom stereocenters. The van der Waals surface area contributed by atoms with Gasteiger partial charge in [-0.25, -0.2) is 0 Å². The van der Waals surface area contributed by atoms with Crippen molar-refractivity contribution in [2.24, 2.45) is 0 Å². The summed E-state index contributed by atoms with van der Waals surface area (Å²) in [5.41, 5.74) is 2.89. The van der Waals surface area contributed by atoms with Gasteiger partial charge in [-0.2, -0.15) is 0 Å². The standard InChI is InChI=1S/C23H30O3/c1-22(2,3)17-13-16(14-18(20(17)24)23(4,5)6)19(21(25)26-7)15-11-9-8-10-12-15/h8-14,19,24H,1-7H3. The number of ether oxygens (including phenoxy) is 1. The summed E-state index contributed by atoms with van der Waals surface area (Å²) < 4.78 is 5.10. The first-order valence-corrected chi connectivity index (χ1v) is 8.97. The van der Waals surface area contributed by atoms with Crippen LogP contribution in [0.5, 0.6) is 5.75 Å². The molecule has 0 heterocycles. The molecule has 0 amide bonds. The molecule has 0 bridgehead atoms. The average Bonchev–Trinajstić information content (AvgIpc) is 2.55. The number of esters is 1. The van der Waals surface area contributed by atoms with E-state index in [1.165, 1.54) is 7.11 Å². The molecule has 3 heteroatoms. The lowest BCUT2D eigenvalue weighted by Gasteiger charge is -2.29. The molecule has 1 atom stereocenters. The van der Waals surface area contributed by atoms with E-state index in [4.69, 9.17) is 4.74 Å². The van der Waals surface area contributed by atoms with Crippen LogP contribution in [-0.4, -0.2) is 18.2 Å². The molecular formula is C23H30O3. The number of rotatable bonds is 3. The predicted molar refractivity (Wildman–Crippen MR) is 106 cm³/mol. The topological polar surface area (TPSA) is 46.5 Å². The molecule has 0 aliphatic carbocycles. The third-order valence-corrected chi connectivity index (χ3v) is 4.65. The molecule has 0 aromatic heterocycles. The molecule has 2 aromatic carbocycles. The van der Waals surface area contributed by atoms with Crippen LogP contribution in [0.2, 0.25) is 0 Å². The summed E-state index contributed by atoms with van der Waals surface area (Å²) in [7, 11) is 1.41. The highest BCUT2D eigenvalue weighted by molar-refractivity contribution is 5.82. The fraction of sp³-hybridized carbons (Fsp3) is 0.435. The van der Waals surface area contributed by atoms with Crippen LogP contribution in [0.25, 0.3) is 0 Å². The second kappa shape index (κ2) is 7.14. The Kier molecular flexibility index (Phi) is 5.50. The van der Waals surface area contributed by atoms with Gasteiger partial charge in [0.05, 0.1) is 7.11 Å². The summed E-state index contributed by atoms with van der Waals surface area (Å²) in [5.74, 6) is -0.518. The molecule has 0 aliphatic rings. The van der Waals surface area contributed by atoms with Crippen molar-refractivity contribution in [1.29, 1.82) is 0 Å². The molecule has 0 aliphatic heterocycles. The highest BCUT2D eigenvalue weighted by Gasteiger charge is 2.31. The summed E-state index contributed by atoms with van der Waals surface area (Å²) in [6.45, 7) is 12.4. The monoisotopic (exact) mass is 354 g/mol. The van der Waals surface area contributed by atoms with Gasteiger partial charge in [-0.05, 0) is 33.1 Å². The van der Waals surface area contributed by atoms with Crippen LogP contribution < -0.4 is 0 Å². The van der Waals surface area contributed by atoms with Gasteiger partial charge in [-0.1, -0.05) is 84.0 Å². The average molecular weight is 354 g/mol. The molecule has 0 saturated heterocycles. The molecular weight excluding hydrogens is 324 g/mol. The van der Waals surface area contributed by atoms with Crippen molar-refractivity contribution in [2.45, 2.75) is 58.3 Å². The number of phenolic OH excluding ortho intramolecular Hbond substituents is 1. The number of methoxy groups -OCH3 is 1. The van der Waals surface area contributed by atoms with Crippen LogP contribution in [0.4, 0.5) is 0 Å². The van der Waals surface area contributed by atoms with E-state index in [9.17, 15) is 9.90 Å². The van der Waals surface area contributed by atoms with Crippen LogP contribution in [0, 0.1) is 0 Å². The fourth-order valence-corrected chi connectivity index (χ4v) is 3.19. The van der Waals surface area contributed by atoms with E-state index in [2.05, 4.69) is 41.5 Å². The number of hydrogen-bond donors (Lipinski definition) is 1. The minimum Gasteiger partial charge on any atom is -0.507 e. The Balaban J connectivity index is 2.79. The van der Waals surface area contributed by atoms with Crippen molar-refractivity contribution in [2.75, 3.05) is 7.11 Å². The van der Waals surface area contributed by atoms with Crippen LogP contribution >= 0.6 is 0 Å². The van der Waals surface area contributed by atoms with Gasteiger partial charge in [0, 0.05) is 0 Å². The zero-order valence-electron chi connectivity index (χ0n) is 16.9. The zero-order valence-corrected chi connectivity index (χ0v) is 16.9. The predicted octanol–water partition coefficient (Wildman–Crippen LogP) is 5.29. The molecule has 1 N–H and O–H groups in total. The number of benzene rings is 2. The first-order chi connectivity index (χ1) is 12.0. The molecule has 0 radical (unpaired) electrons. The fourth-order valence-electron chi connectivity index (χ4n) is 3.19. The van der Waals surface area contributed by atoms with Gasteiger partial charge in [0.25, 0.3) is 0 Å². The van der Waals surface area contributed by atoms with Crippen LogP contribution in [-0.2, 0) is 20.4 Å². The normalized spacial score (nSPS) is 13.3. The van der Waals surface area contributed by atoms with Crippen molar-refractivity contribution in [1.82, 2.24) is 0 Å². The minimum absolute atomic E-state index is 0.253. The number of phenols is 1. The van der Waals surface area contributed by atoms with Crippen LogP contribution in [0.1, 0.15) is 69.7 Å². The second-order valence-corrected chi connectivity index (χ2v) is 8.83. The lowest BCUT2D eigenvalue weighted by Crippen LogP contribution is -2.21. The SMILES string of the molecule is COC(=O)C(c1ccccc1)c1cc(C(C)(C)C)c(O)c(C(C)(C)C)c1. The largest absolute Gasteiger partial charge is 0.507 e. The summed E-state index contributed by atoms with van der Waals surface area (Å²) in [4.78, 5) is 12.6. The zero-order chi connectivity index (χ0) is 19.7. The summed E-state index contributed by atoms with van der Waals surface area (Å²) >= 11 is 0. The maximum Gasteiger partial charge on any atom is 0.317 e. The van der Waals surface area contributed by atoms with E-state index in [-0.39, 0.29) is 16.8 Å². The Labute approximate surface area is 157 Å². The van der Waals surface area contributed by atoms with E-state index < -0.39 is 5.92 Å². The Morgan fingerprint density at radius 2 is 1.35 bits per heavy atom. The quantitative estimate of drug-likeness (QED) is 0.762. The van der Waals surface area contributed by atoms with Crippen LogP contribution in [0.15, 0.2) is 42.5 Å². The van der Waals surface area contributed by atoms with Gasteiger partial charge < -0.3 is 9.84 Å². The smallest absolute Gasteiger partial charge is 0.317 e. The van der Waals surface area contributed by atoms with Crippen LogP contribution in [0.3, 0.4) is 0 Å². The molecule has 2 rings (SSSR count). The number of carbonyl (C=O) groups excluding carboxylic acids is 1. The molecule has 0 saturated carbocycles. The van der Waals surface area contributed by atoms with Crippen molar-refractivity contribution in [3.63, 3.8) is 0 Å². The van der Waals surface area contributed by atoms with E-state index in [0.29, 0.717) is 5.75 Å². The van der Waals surface area contributed by atoms with Gasteiger partial charge in [0.15, 0.2) is 0 Å². The van der Waals surface area contributed by atoms with E-state index in [1.807, 2.05) is 42.5 Å². The van der Waals surface area contributed by atoms with E-state index in [1.54, 1.807) is 0 Å². The third-order valence-electron chi connectivity index (χ3n) is 4.65. The highest BCUT2D eigenvalue weighted by atomic mass is 16.5. The number of carbonyl (C=O) groups is 1.